The van der Waals surface area contributed by atoms with Crippen molar-refractivity contribution in [1.29, 1.82) is 0 Å². The molecule has 34 heavy (non-hydrogen) atoms. The number of nitrogens with one attached hydrogen (secondary N) is 4. The van der Waals surface area contributed by atoms with Crippen molar-refractivity contribution in [3.63, 3.8) is 0 Å². The van der Waals surface area contributed by atoms with Crippen LogP contribution in [0, 0.1) is 0 Å². The molecular formula is C25H24N6O3. The third kappa shape index (κ3) is 7.72. The smallest absolute Gasteiger partial charge is 0.271 e. The topological polar surface area (TPSA) is 124 Å². The van der Waals surface area contributed by atoms with Crippen LogP contribution in [0.1, 0.15) is 35.3 Å². The second kappa shape index (κ2) is 11.7. The van der Waals surface area contributed by atoms with E-state index in [1.165, 1.54) is 20.1 Å². The van der Waals surface area contributed by atoms with Crippen LogP contribution in [0.25, 0.3) is 0 Å². The second-order valence-corrected chi connectivity index (χ2v) is 7.26. The highest BCUT2D eigenvalue weighted by molar-refractivity contribution is 5.96. The maximum absolute atomic E-state index is 12.4. The summed E-state index contributed by atoms with van der Waals surface area (Å²) in [5.74, 6) is -0.643. The molecule has 0 fully saturated rings. The van der Waals surface area contributed by atoms with Gasteiger partial charge in [-0.3, -0.25) is 19.8 Å². The summed E-state index contributed by atoms with van der Waals surface area (Å²) in [7, 11) is 0. The van der Waals surface area contributed by atoms with Crippen molar-refractivity contribution in [2.75, 3.05) is 16.1 Å². The average Bonchev–Trinajstić information content (AvgIpc) is 2.81. The third-order valence-electron chi connectivity index (χ3n) is 4.37. The fourth-order valence-corrected chi connectivity index (χ4v) is 2.85. The van der Waals surface area contributed by atoms with Crippen LogP contribution in [0.2, 0.25) is 0 Å². The van der Waals surface area contributed by atoms with Gasteiger partial charge in [-0.2, -0.15) is 10.2 Å². The summed E-state index contributed by atoms with van der Waals surface area (Å²) >= 11 is 0. The number of hydrogen-bond acceptors (Lipinski definition) is 6. The van der Waals surface area contributed by atoms with Crippen LogP contribution < -0.4 is 21.5 Å². The molecule has 0 aliphatic heterocycles. The van der Waals surface area contributed by atoms with E-state index < -0.39 is 0 Å². The molecule has 0 saturated heterocycles. The molecule has 0 aromatic heterocycles. The molecule has 0 atom stereocenters. The Bertz CT molecular complexity index is 1220. The Morgan fingerprint density at radius 1 is 0.676 bits per heavy atom. The van der Waals surface area contributed by atoms with E-state index in [9.17, 15) is 14.4 Å². The number of carbonyl (C=O) groups excluding carboxylic acids is 3. The quantitative estimate of drug-likeness (QED) is 0.304. The summed E-state index contributed by atoms with van der Waals surface area (Å²) in [4.78, 5) is 34.5. The molecule has 3 rings (SSSR count). The number of nitrogens with zero attached hydrogens (tertiary/aromatic N) is 2. The standard InChI is InChI=1S/C25H24N6O3/c1-17(32)28-22-10-6-19(7-11-22)15-26-30-24-5-3-4-21(14-24)25(34)31-27-16-20-8-12-23(13-9-20)29-18(2)33/h3-16,30H,1-2H3,(H,28,32)(H,29,33)(H,31,34). The van der Waals surface area contributed by atoms with Crippen molar-refractivity contribution in [2.24, 2.45) is 10.2 Å². The summed E-state index contributed by atoms with van der Waals surface area (Å²) in [5, 5.41) is 13.5. The van der Waals surface area contributed by atoms with Crippen LogP contribution in [0.3, 0.4) is 0 Å². The van der Waals surface area contributed by atoms with Crippen molar-refractivity contribution < 1.29 is 14.4 Å². The van der Waals surface area contributed by atoms with Crippen molar-refractivity contribution in [1.82, 2.24) is 5.43 Å². The lowest BCUT2D eigenvalue weighted by atomic mass is 10.2. The highest BCUT2D eigenvalue weighted by atomic mass is 16.2. The normalized spacial score (nSPS) is 10.8. The van der Waals surface area contributed by atoms with Gasteiger partial charge in [0.05, 0.1) is 18.1 Å². The number of anilines is 3. The number of carbonyl (C=O) groups is 3. The van der Waals surface area contributed by atoms with Gasteiger partial charge >= 0.3 is 0 Å². The van der Waals surface area contributed by atoms with Crippen LogP contribution in [0.15, 0.2) is 83.0 Å². The molecule has 0 saturated carbocycles. The lowest BCUT2D eigenvalue weighted by molar-refractivity contribution is -0.115. The molecule has 3 amide bonds. The van der Waals surface area contributed by atoms with E-state index in [0.29, 0.717) is 22.6 Å². The molecule has 172 valence electrons. The van der Waals surface area contributed by atoms with Gasteiger partial charge in [-0.15, -0.1) is 0 Å². The van der Waals surface area contributed by atoms with Gasteiger partial charge in [-0.25, -0.2) is 5.43 Å². The van der Waals surface area contributed by atoms with E-state index >= 15 is 0 Å². The first-order valence-electron chi connectivity index (χ1n) is 10.4. The van der Waals surface area contributed by atoms with Crippen molar-refractivity contribution in [2.45, 2.75) is 13.8 Å². The van der Waals surface area contributed by atoms with E-state index in [4.69, 9.17) is 0 Å². The zero-order chi connectivity index (χ0) is 24.3. The zero-order valence-electron chi connectivity index (χ0n) is 18.7. The molecule has 3 aromatic rings. The van der Waals surface area contributed by atoms with Crippen LogP contribution in [-0.4, -0.2) is 30.2 Å². The van der Waals surface area contributed by atoms with Gasteiger partial charge in [0.1, 0.15) is 0 Å². The van der Waals surface area contributed by atoms with Gasteiger partial charge in [-0.1, -0.05) is 30.3 Å². The van der Waals surface area contributed by atoms with E-state index in [-0.39, 0.29) is 17.7 Å². The monoisotopic (exact) mass is 456 g/mol. The van der Waals surface area contributed by atoms with Crippen molar-refractivity contribution >= 4 is 47.2 Å². The summed E-state index contributed by atoms with van der Waals surface area (Å²) < 4.78 is 0. The molecule has 0 aliphatic carbocycles. The molecule has 3 aromatic carbocycles. The summed E-state index contributed by atoms with van der Waals surface area (Å²) in [6.45, 7) is 2.89. The molecular weight excluding hydrogens is 432 g/mol. The molecule has 0 unspecified atom stereocenters. The first kappa shape index (κ1) is 23.9. The van der Waals surface area contributed by atoms with E-state index in [0.717, 1.165) is 11.1 Å². The zero-order valence-corrected chi connectivity index (χ0v) is 18.7. The minimum absolute atomic E-state index is 0.130. The molecule has 0 spiro atoms. The third-order valence-corrected chi connectivity index (χ3v) is 4.37. The second-order valence-electron chi connectivity index (χ2n) is 7.26. The van der Waals surface area contributed by atoms with Gasteiger partial charge < -0.3 is 10.6 Å². The van der Waals surface area contributed by atoms with Gasteiger partial charge in [0.25, 0.3) is 5.91 Å². The van der Waals surface area contributed by atoms with E-state index in [2.05, 4.69) is 31.7 Å². The maximum atomic E-state index is 12.4. The number of amides is 3. The fourth-order valence-electron chi connectivity index (χ4n) is 2.85. The van der Waals surface area contributed by atoms with Crippen LogP contribution in [0.5, 0.6) is 0 Å². The van der Waals surface area contributed by atoms with Crippen LogP contribution in [-0.2, 0) is 9.59 Å². The maximum Gasteiger partial charge on any atom is 0.271 e. The first-order valence-corrected chi connectivity index (χ1v) is 10.4. The van der Waals surface area contributed by atoms with Gasteiger partial charge in [0, 0.05) is 30.8 Å². The molecule has 9 heteroatoms. The summed E-state index contributed by atoms with van der Waals surface area (Å²) in [6.07, 6.45) is 3.14. The highest BCUT2D eigenvalue weighted by Gasteiger charge is 2.05. The molecule has 0 aliphatic rings. The number of rotatable bonds is 8. The number of hydrogen-bond donors (Lipinski definition) is 4. The Morgan fingerprint density at radius 3 is 1.74 bits per heavy atom. The minimum Gasteiger partial charge on any atom is -0.326 e. The number of benzene rings is 3. The molecule has 0 radical (unpaired) electrons. The molecule has 9 nitrogen and oxygen atoms in total. The lowest BCUT2D eigenvalue weighted by Gasteiger charge is -2.04. The lowest BCUT2D eigenvalue weighted by Crippen LogP contribution is -2.17. The summed E-state index contributed by atoms with van der Waals surface area (Å²) in [6, 6.07) is 21.1. The predicted molar refractivity (Wildman–Crippen MR) is 134 cm³/mol. The van der Waals surface area contributed by atoms with Crippen molar-refractivity contribution in [3.8, 4) is 0 Å². The fraction of sp³-hybridized carbons (Fsp3) is 0.0800. The van der Waals surface area contributed by atoms with Gasteiger partial charge in [0.15, 0.2) is 0 Å². The minimum atomic E-state index is -0.368. The Kier molecular flexibility index (Phi) is 8.23. The molecule has 0 heterocycles. The molecule has 0 bridgehead atoms. The van der Waals surface area contributed by atoms with E-state index in [1.807, 2.05) is 12.1 Å². The SMILES string of the molecule is CC(=O)Nc1ccc(C=NNC(=O)c2cccc(NN=Cc3ccc(NC(C)=O)cc3)c2)cc1. The average molecular weight is 457 g/mol. The first-order chi connectivity index (χ1) is 16.4. The van der Waals surface area contributed by atoms with Crippen LogP contribution in [0.4, 0.5) is 17.1 Å². The predicted octanol–water partition coefficient (Wildman–Crippen LogP) is 3.81. The largest absolute Gasteiger partial charge is 0.326 e. The summed E-state index contributed by atoms with van der Waals surface area (Å²) in [5.41, 5.74) is 9.43. The van der Waals surface area contributed by atoms with Gasteiger partial charge in [-0.05, 0) is 53.6 Å². The van der Waals surface area contributed by atoms with E-state index in [1.54, 1.807) is 66.9 Å². The Balaban J connectivity index is 1.53. The highest BCUT2D eigenvalue weighted by Crippen LogP contribution is 2.12. The van der Waals surface area contributed by atoms with Crippen LogP contribution >= 0.6 is 0 Å². The van der Waals surface area contributed by atoms with Crippen molar-refractivity contribution in [3.05, 3.63) is 89.5 Å². The number of hydrazone groups is 2. The Hall–Kier alpha value is -4.79. The Morgan fingerprint density at radius 2 is 1.21 bits per heavy atom. The van der Waals surface area contributed by atoms with Gasteiger partial charge in [0.2, 0.25) is 11.8 Å². The molecule has 4 N–H and O–H groups in total. The Labute approximate surface area is 197 Å².